The third-order valence-electron chi connectivity index (χ3n) is 1.82. The third-order valence-corrected chi connectivity index (χ3v) is 3.64. The molecule has 0 unspecified atom stereocenters. The Hall–Kier alpha value is -0.260. The van der Waals surface area contributed by atoms with E-state index in [9.17, 15) is 13.5 Å². The summed E-state index contributed by atoms with van der Waals surface area (Å²) in [5.41, 5.74) is 1.00. The summed E-state index contributed by atoms with van der Waals surface area (Å²) >= 11 is 3.24. The van der Waals surface area contributed by atoms with Gasteiger partial charge in [-0.1, -0.05) is 15.9 Å². The lowest BCUT2D eigenvalue weighted by Gasteiger charge is -2.07. The Kier molecular flexibility index (Phi) is 3.44. The van der Waals surface area contributed by atoms with E-state index in [1.807, 2.05) is 0 Å². The van der Waals surface area contributed by atoms with Gasteiger partial charge in [0, 0.05) is 20.7 Å². The monoisotopic (exact) mass is 298 g/mol. The van der Waals surface area contributed by atoms with Gasteiger partial charge in [0.15, 0.2) is 0 Å². The van der Waals surface area contributed by atoms with E-state index in [0.29, 0.717) is 11.1 Å². The maximum Gasteiger partial charge on any atom is 0.236 e. The molecule has 1 N–H and O–H groups in total. The van der Waals surface area contributed by atoms with Gasteiger partial charge in [0.05, 0.1) is 5.75 Å². The molecule has 0 aliphatic carbocycles. The number of hydrogen-bond acceptors (Lipinski definition) is 3. The van der Waals surface area contributed by atoms with Crippen LogP contribution in [0.5, 0.6) is 5.75 Å². The lowest BCUT2D eigenvalue weighted by atomic mass is 10.1. The average Bonchev–Trinajstić information content (AvgIpc) is 2.04. The standard InChI is InChI=1S/C8H8BrClO3S/c1-5-6(4-14(10,12)13)8(11)3-2-7(5)9/h2-3,11H,4H2,1H3. The average molecular weight is 300 g/mol. The predicted octanol–water partition coefficient (Wildman–Crippen LogP) is 2.53. The van der Waals surface area contributed by atoms with Crippen molar-refractivity contribution in [3.05, 3.63) is 27.7 Å². The van der Waals surface area contributed by atoms with Gasteiger partial charge in [0.25, 0.3) is 0 Å². The molecule has 1 aromatic rings. The molecule has 0 fully saturated rings. The van der Waals surface area contributed by atoms with E-state index in [1.54, 1.807) is 13.0 Å². The predicted molar refractivity (Wildman–Crippen MR) is 59.0 cm³/mol. The van der Waals surface area contributed by atoms with E-state index >= 15 is 0 Å². The number of benzene rings is 1. The van der Waals surface area contributed by atoms with Crippen LogP contribution < -0.4 is 0 Å². The molecule has 0 aliphatic heterocycles. The molecule has 1 rings (SSSR count). The van der Waals surface area contributed by atoms with Crippen LogP contribution in [0, 0.1) is 6.92 Å². The highest BCUT2D eigenvalue weighted by Crippen LogP contribution is 2.29. The number of halogens is 2. The Bertz CT molecular complexity index is 456. The van der Waals surface area contributed by atoms with Crippen LogP contribution in [0.1, 0.15) is 11.1 Å². The summed E-state index contributed by atoms with van der Waals surface area (Å²) in [6, 6.07) is 3.07. The number of aromatic hydroxyl groups is 1. The van der Waals surface area contributed by atoms with Gasteiger partial charge in [0.1, 0.15) is 5.75 Å². The van der Waals surface area contributed by atoms with Crippen LogP contribution in [0.25, 0.3) is 0 Å². The second-order valence-electron chi connectivity index (χ2n) is 2.85. The quantitative estimate of drug-likeness (QED) is 0.854. The highest BCUT2D eigenvalue weighted by atomic mass is 79.9. The van der Waals surface area contributed by atoms with Crippen LogP contribution in [0.4, 0.5) is 0 Å². The zero-order valence-electron chi connectivity index (χ0n) is 7.29. The van der Waals surface area contributed by atoms with E-state index in [4.69, 9.17) is 10.7 Å². The molecule has 0 heterocycles. The van der Waals surface area contributed by atoms with Gasteiger partial charge in [-0.3, -0.25) is 0 Å². The largest absolute Gasteiger partial charge is 0.508 e. The highest BCUT2D eigenvalue weighted by Gasteiger charge is 2.14. The maximum absolute atomic E-state index is 10.9. The first-order valence-electron chi connectivity index (χ1n) is 3.70. The molecule has 0 aliphatic rings. The number of phenols is 1. The fraction of sp³-hybridized carbons (Fsp3) is 0.250. The molecule has 0 saturated heterocycles. The first-order chi connectivity index (χ1) is 6.31. The van der Waals surface area contributed by atoms with Crippen molar-refractivity contribution >= 4 is 35.7 Å². The van der Waals surface area contributed by atoms with Crippen molar-refractivity contribution in [1.29, 1.82) is 0 Å². The summed E-state index contributed by atoms with van der Waals surface area (Å²) in [5, 5.41) is 9.44. The van der Waals surface area contributed by atoms with Crippen LogP contribution in [0.3, 0.4) is 0 Å². The zero-order chi connectivity index (χ0) is 10.9. The second kappa shape index (κ2) is 4.08. The summed E-state index contributed by atoms with van der Waals surface area (Å²) in [5.74, 6) is -0.430. The van der Waals surface area contributed by atoms with Crippen molar-refractivity contribution in [2.75, 3.05) is 0 Å². The molecule has 0 atom stereocenters. The van der Waals surface area contributed by atoms with E-state index in [2.05, 4.69) is 15.9 Å². The first-order valence-corrected chi connectivity index (χ1v) is 6.97. The lowest BCUT2D eigenvalue weighted by Crippen LogP contribution is -1.98. The fourth-order valence-electron chi connectivity index (χ4n) is 1.07. The molecule has 0 radical (unpaired) electrons. The number of phenolic OH excluding ortho intramolecular Hbond substituents is 1. The van der Waals surface area contributed by atoms with Crippen LogP contribution in [-0.2, 0) is 14.8 Å². The minimum Gasteiger partial charge on any atom is -0.508 e. The molecular weight excluding hydrogens is 292 g/mol. The van der Waals surface area contributed by atoms with E-state index in [-0.39, 0.29) is 11.5 Å². The van der Waals surface area contributed by atoms with Crippen molar-refractivity contribution < 1.29 is 13.5 Å². The summed E-state index contributed by atoms with van der Waals surface area (Å²) in [7, 11) is 1.46. The van der Waals surface area contributed by atoms with Crippen molar-refractivity contribution in [3.63, 3.8) is 0 Å². The van der Waals surface area contributed by atoms with Gasteiger partial charge in [-0.15, -0.1) is 0 Å². The smallest absolute Gasteiger partial charge is 0.236 e. The highest BCUT2D eigenvalue weighted by molar-refractivity contribution is 9.10. The van der Waals surface area contributed by atoms with Gasteiger partial charge in [-0.25, -0.2) is 8.42 Å². The SMILES string of the molecule is Cc1c(Br)ccc(O)c1CS(=O)(=O)Cl. The zero-order valence-corrected chi connectivity index (χ0v) is 10.4. The lowest BCUT2D eigenvalue weighted by molar-refractivity contribution is 0.469. The third kappa shape index (κ3) is 2.87. The minimum absolute atomic E-state index is 0.0603. The summed E-state index contributed by atoms with van der Waals surface area (Å²) in [6.45, 7) is 1.71. The molecule has 6 heteroatoms. The van der Waals surface area contributed by atoms with Crippen LogP contribution >= 0.6 is 26.6 Å². The normalized spacial score (nSPS) is 11.6. The Balaban J connectivity index is 3.27. The molecule has 3 nitrogen and oxygen atoms in total. The van der Waals surface area contributed by atoms with E-state index in [0.717, 1.165) is 4.47 Å². The van der Waals surface area contributed by atoms with E-state index in [1.165, 1.54) is 6.07 Å². The second-order valence-corrected chi connectivity index (χ2v) is 6.48. The summed E-state index contributed by atoms with van der Waals surface area (Å²) in [6.07, 6.45) is 0. The summed E-state index contributed by atoms with van der Waals surface area (Å²) < 4.78 is 22.5. The fourth-order valence-corrected chi connectivity index (χ4v) is 2.48. The Morgan fingerprint density at radius 3 is 2.57 bits per heavy atom. The molecule has 1 aromatic carbocycles. The Morgan fingerprint density at radius 2 is 2.07 bits per heavy atom. The number of hydrogen-bond donors (Lipinski definition) is 1. The van der Waals surface area contributed by atoms with Gasteiger partial charge in [-0.2, -0.15) is 0 Å². The van der Waals surface area contributed by atoms with Crippen molar-refractivity contribution in [2.24, 2.45) is 0 Å². The molecule has 0 aromatic heterocycles. The van der Waals surface area contributed by atoms with Gasteiger partial charge >= 0.3 is 0 Å². The van der Waals surface area contributed by atoms with Crippen LogP contribution in [-0.4, -0.2) is 13.5 Å². The maximum atomic E-state index is 10.9. The molecule has 0 amide bonds. The first kappa shape index (κ1) is 11.8. The molecule has 0 bridgehead atoms. The topological polar surface area (TPSA) is 54.4 Å². The molecule has 0 saturated carbocycles. The molecule has 78 valence electrons. The number of rotatable bonds is 2. The van der Waals surface area contributed by atoms with Crippen LogP contribution in [0.15, 0.2) is 16.6 Å². The minimum atomic E-state index is -3.65. The van der Waals surface area contributed by atoms with E-state index < -0.39 is 9.05 Å². The van der Waals surface area contributed by atoms with Gasteiger partial charge in [-0.05, 0) is 24.6 Å². The van der Waals surface area contributed by atoms with Crippen LogP contribution in [0.2, 0.25) is 0 Å². The Labute approximate surface area is 95.3 Å². The van der Waals surface area contributed by atoms with Crippen molar-refractivity contribution in [1.82, 2.24) is 0 Å². The van der Waals surface area contributed by atoms with Gasteiger partial charge < -0.3 is 5.11 Å². The Morgan fingerprint density at radius 1 is 1.50 bits per heavy atom. The summed E-state index contributed by atoms with van der Waals surface area (Å²) in [4.78, 5) is 0. The molecular formula is C8H8BrClO3S. The van der Waals surface area contributed by atoms with Crippen molar-refractivity contribution in [2.45, 2.75) is 12.7 Å². The van der Waals surface area contributed by atoms with Crippen molar-refractivity contribution in [3.8, 4) is 5.75 Å². The van der Waals surface area contributed by atoms with Gasteiger partial charge in [0.2, 0.25) is 9.05 Å². The molecule has 0 spiro atoms. The molecule has 14 heavy (non-hydrogen) atoms.